The summed E-state index contributed by atoms with van der Waals surface area (Å²) in [5.41, 5.74) is 5.05. The van der Waals surface area contributed by atoms with Crippen molar-refractivity contribution in [3.63, 3.8) is 0 Å². The summed E-state index contributed by atoms with van der Waals surface area (Å²) in [6.45, 7) is 8.53. The molecule has 0 spiro atoms. The van der Waals surface area contributed by atoms with E-state index in [1.54, 1.807) is 18.4 Å². The van der Waals surface area contributed by atoms with Crippen LogP contribution >= 0.6 is 11.3 Å². The lowest BCUT2D eigenvalue weighted by molar-refractivity contribution is 0.0931. The van der Waals surface area contributed by atoms with E-state index in [1.165, 1.54) is 0 Å². The summed E-state index contributed by atoms with van der Waals surface area (Å²) in [5, 5.41) is 11.9. The van der Waals surface area contributed by atoms with Crippen LogP contribution in [-0.4, -0.2) is 42.6 Å². The molecule has 1 unspecified atom stereocenters. The first-order chi connectivity index (χ1) is 15.9. The van der Waals surface area contributed by atoms with Gasteiger partial charge in [0.15, 0.2) is 5.69 Å². The average molecular weight is 468 g/mol. The lowest BCUT2D eigenvalue weighted by Crippen LogP contribution is -2.33. The molecule has 8 heteroatoms. The minimum absolute atomic E-state index is 0.0243. The number of ether oxygens (including phenoxy) is 3. The Morgan fingerprint density at radius 1 is 1.36 bits per heavy atom. The molecule has 2 aromatic heterocycles. The van der Waals surface area contributed by atoms with E-state index in [0.717, 1.165) is 52.6 Å². The molecular weight excluding hydrogens is 438 g/mol. The zero-order valence-corrected chi connectivity index (χ0v) is 20.3. The molecule has 1 amide bonds. The van der Waals surface area contributed by atoms with Gasteiger partial charge < -0.3 is 19.5 Å². The Balaban J connectivity index is 1.65. The number of rotatable bonds is 5. The van der Waals surface area contributed by atoms with Crippen LogP contribution in [0.5, 0.6) is 11.5 Å². The lowest BCUT2D eigenvalue weighted by Gasteiger charge is -2.23. The van der Waals surface area contributed by atoms with Crippen LogP contribution in [0.15, 0.2) is 29.0 Å². The van der Waals surface area contributed by atoms with Crippen LogP contribution in [0.1, 0.15) is 54.7 Å². The summed E-state index contributed by atoms with van der Waals surface area (Å²) in [4.78, 5) is 13.2. The third-order valence-electron chi connectivity index (χ3n) is 6.06. The monoisotopic (exact) mass is 467 g/mol. The standard InChI is InChI=1S/C25H29N3O4S/c1-25(2,3)14-26-24(29)22-19-12-32-21-10-20(30-4)17(15-5-7-31-11-15)9-18(21)23(19)28(27-22)16-6-8-33-13-16/h6,8-10,13,15H,5,7,11-12,14H2,1-4H3,(H,26,29). The fraction of sp³-hybridized carbons (Fsp3) is 0.440. The van der Waals surface area contributed by atoms with Gasteiger partial charge in [0.1, 0.15) is 18.1 Å². The number of nitrogens with one attached hydrogen (secondary N) is 1. The molecule has 4 heterocycles. The number of aromatic nitrogens is 2. The normalized spacial score (nSPS) is 17.3. The molecule has 2 aliphatic rings. The van der Waals surface area contributed by atoms with Crippen molar-refractivity contribution in [2.45, 2.75) is 39.7 Å². The van der Waals surface area contributed by atoms with Crippen molar-refractivity contribution in [3.05, 3.63) is 45.8 Å². The van der Waals surface area contributed by atoms with E-state index in [4.69, 9.17) is 19.3 Å². The number of amides is 1. The number of nitrogens with zero attached hydrogens (tertiary/aromatic N) is 2. The van der Waals surface area contributed by atoms with Gasteiger partial charge in [0, 0.05) is 47.2 Å². The van der Waals surface area contributed by atoms with E-state index in [1.807, 2.05) is 27.6 Å². The third kappa shape index (κ3) is 4.13. The highest BCUT2D eigenvalue weighted by Crippen LogP contribution is 2.46. The van der Waals surface area contributed by atoms with Gasteiger partial charge in [-0.2, -0.15) is 16.4 Å². The van der Waals surface area contributed by atoms with Crippen LogP contribution in [0.25, 0.3) is 16.9 Å². The Kier molecular flexibility index (Phi) is 5.66. The van der Waals surface area contributed by atoms with Gasteiger partial charge in [-0.1, -0.05) is 20.8 Å². The second kappa shape index (κ2) is 8.50. The van der Waals surface area contributed by atoms with Crippen LogP contribution in [0.2, 0.25) is 0 Å². The maximum atomic E-state index is 13.2. The first kappa shape index (κ1) is 22.0. The van der Waals surface area contributed by atoms with E-state index in [2.05, 4.69) is 32.2 Å². The number of hydrogen-bond donors (Lipinski definition) is 1. The van der Waals surface area contributed by atoms with Crippen LogP contribution in [0.3, 0.4) is 0 Å². The molecule has 1 aromatic carbocycles. The predicted molar refractivity (Wildman–Crippen MR) is 128 cm³/mol. The van der Waals surface area contributed by atoms with E-state index in [-0.39, 0.29) is 23.8 Å². The molecule has 174 valence electrons. The number of fused-ring (bicyclic) bond motifs is 3. The minimum atomic E-state index is -0.180. The van der Waals surface area contributed by atoms with Crippen molar-refractivity contribution >= 4 is 17.2 Å². The largest absolute Gasteiger partial charge is 0.496 e. The number of carbonyl (C=O) groups excluding carboxylic acids is 1. The molecule has 1 atom stereocenters. The van der Waals surface area contributed by atoms with Crippen molar-refractivity contribution in [2.24, 2.45) is 5.41 Å². The SMILES string of the molecule is COc1cc2c(cc1C1CCOC1)-c1c(c(C(=O)NCC(C)(C)C)nn1-c1ccsc1)CO2. The van der Waals surface area contributed by atoms with Crippen molar-refractivity contribution < 1.29 is 19.0 Å². The highest BCUT2D eigenvalue weighted by atomic mass is 32.1. The minimum Gasteiger partial charge on any atom is -0.496 e. The van der Waals surface area contributed by atoms with Crippen molar-refractivity contribution in [1.29, 1.82) is 0 Å². The Bertz CT molecular complexity index is 1170. The summed E-state index contributed by atoms with van der Waals surface area (Å²) in [6.07, 6.45) is 0.952. The lowest BCUT2D eigenvalue weighted by atomic mass is 9.92. The smallest absolute Gasteiger partial charge is 0.272 e. The molecule has 33 heavy (non-hydrogen) atoms. The second-order valence-corrected chi connectivity index (χ2v) is 10.5. The Morgan fingerprint density at radius 2 is 2.21 bits per heavy atom. The van der Waals surface area contributed by atoms with Crippen molar-refractivity contribution in [3.8, 4) is 28.4 Å². The molecule has 1 fully saturated rings. The fourth-order valence-corrected chi connectivity index (χ4v) is 4.96. The zero-order valence-electron chi connectivity index (χ0n) is 19.4. The highest BCUT2D eigenvalue weighted by molar-refractivity contribution is 7.08. The number of thiophene rings is 1. The van der Waals surface area contributed by atoms with Crippen molar-refractivity contribution in [1.82, 2.24) is 15.1 Å². The van der Waals surface area contributed by atoms with Gasteiger partial charge in [0.05, 0.1) is 25.1 Å². The molecule has 1 saturated heterocycles. The topological polar surface area (TPSA) is 74.6 Å². The second-order valence-electron chi connectivity index (χ2n) is 9.75. The molecule has 2 aliphatic heterocycles. The van der Waals surface area contributed by atoms with Gasteiger partial charge in [-0.25, -0.2) is 4.68 Å². The summed E-state index contributed by atoms with van der Waals surface area (Å²) in [5.74, 6) is 1.63. The summed E-state index contributed by atoms with van der Waals surface area (Å²) >= 11 is 1.60. The molecule has 7 nitrogen and oxygen atoms in total. The zero-order chi connectivity index (χ0) is 23.2. The van der Waals surface area contributed by atoms with Gasteiger partial charge >= 0.3 is 0 Å². The van der Waals surface area contributed by atoms with Crippen molar-refractivity contribution in [2.75, 3.05) is 26.9 Å². The maximum Gasteiger partial charge on any atom is 0.272 e. The van der Waals surface area contributed by atoms with E-state index in [0.29, 0.717) is 18.8 Å². The van der Waals surface area contributed by atoms with Crippen LogP contribution in [0.4, 0.5) is 0 Å². The van der Waals surface area contributed by atoms with E-state index in [9.17, 15) is 4.79 Å². The van der Waals surface area contributed by atoms with Crippen LogP contribution in [0, 0.1) is 5.41 Å². The Labute approximate surface area is 197 Å². The number of methoxy groups -OCH3 is 1. The highest BCUT2D eigenvalue weighted by Gasteiger charge is 2.33. The quantitative estimate of drug-likeness (QED) is 0.584. The molecule has 5 rings (SSSR count). The third-order valence-corrected chi connectivity index (χ3v) is 6.73. The van der Waals surface area contributed by atoms with E-state index >= 15 is 0 Å². The first-order valence-corrected chi connectivity index (χ1v) is 12.2. The first-order valence-electron chi connectivity index (χ1n) is 11.2. The summed E-state index contributed by atoms with van der Waals surface area (Å²) < 4.78 is 19.4. The van der Waals surface area contributed by atoms with Gasteiger partial charge in [0.25, 0.3) is 5.91 Å². The maximum absolute atomic E-state index is 13.2. The molecule has 1 N–H and O–H groups in total. The molecule has 0 radical (unpaired) electrons. The van der Waals surface area contributed by atoms with Gasteiger partial charge in [-0.05, 0) is 29.3 Å². The number of hydrogen-bond acceptors (Lipinski definition) is 6. The van der Waals surface area contributed by atoms with Gasteiger partial charge in [0.2, 0.25) is 0 Å². The van der Waals surface area contributed by atoms with Crippen LogP contribution < -0.4 is 14.8 Å². The van der Waals surface area contributed by atoms with E-state index < -0.39 is 0 Å². The fourth-order valence-electron chi connectivity index (χ4n) is 4.35. The molecule has 0 saturated carbocycles. The van der Waals surface area contributed by atoms with Crippen LogP contribution in [-0.2, 0) is 11.3 Å². The summed E-state index contributed by atoms with van der Waals surface area (Å²) in [6, 6.07) is 6.10. The Morgan fingerprint density at radius 3 is 2.88 bits per heavy atom. The summed E-state index contributed by atoms with van der Waals surface area (Å²) in [7, 11) is 1.68. The number of carbonyl (C=O) groups is 1. The molecule has 0 aliphatic carbocycles. The Hall–Kier alpha value is -2.84. The molecular formula is C25H29N3O4S. The molecule has 3 aromatic rings. The molecule has 0 bridgehead atoms. The average Bonchev–Trinajstić information content (AvgIpc) is 3.56. The van der Waals surface area contributed by atoms with Gasteiger partial charge in [-0.3, -0.25) is 4.79 Å². The predicted octanol–water partition coefficient (Wildman–Crippen LogP) is 4.78. The van der Waals surface area contributed by atoms with Gasteiger partial charge in [-0.15, -0.1) is 0 Å². The number of benzene rings is 1.